The van der Waals surface area contributed by atoms with E-state index in [0.717, 1.165) is 12.8 Å². The minimum Gasteiger partial charge on any atom is -0.440 e. The van der Waals surface area contributed by atoms with Crippen molar-refractivity contribution in [1.82, 2.24) is 4.31 Å². The fourth-order valence-corrected chi connectivity index (χ4v) is 3.50. The lowest BCUT2D eigenvalue weighted by atomic mass is 10.1. The molecule has 6 heteroatoms. The number of hydrogen-bond donors (Lipinski definition) is 0. The molecule has 0 N–H and O–H groups in total. The van der Waals surface area contributed by atoms with Gasteiger partial charge in [0.25, 0.3) is 10.0 Å². The van der Waals surface area contributed by atoms with Crippen LogP contribution in [0.1, 0.15) is 36.2 Å². The van der Waals surface area contributed by atoms with Crippen molar-refractivity contribution >= 4 is 16.3 Å². The van der Waals surface area contributed by atoms with E-state index in [9.17, 15) is 13.2 Å². The minimum atomic E-state index is -3.61. The fourth-order valence-electron chi connectivity index (χ4n) is 2.34. The summed E-state index contributed by atoms with van der Waals surface area (Å²) in [7, 11) is -2.06. The highest BCUT2D eigenvalue weighted by Crippen LogP contribution is 2.27. The van der Waals surface area contributed by atoms with Crippen LogP contribution < -0.4 is 0 Å². The Hall–Kier alpha value is -1.14. The second kappa shape index (κ2) is 5.24. The standard InChI is InChI=1S/C12H17NO4S/c1-13(8-10-4-2-3-5-10)18(15,16)12-7-6-11(9-14)17-12/h6-7,9-10H,2-5,8H2,1H3. The third-order valence-corrected chi connectivity index (χ3v) is 5.07. The molecule has 1 heterocycles. The van der Waals surface area contributed by atoms with Crippen molar-refractivity contribution in [2.75, 3.05) is 13.6 Å². The zero-order chi connectivity index (χ0) is 13.2. The topological polar surface area (TPSA) is 67.6 Å². The van der Waals surface area contributed by atoms with Crippen molar-refractivity contribution in [2.45, 2.75) is 30.8 Å². The van der Waals surface area contributed by atoms with E-state index in [1.165, 1.54) is 29.3 Å². The number of rotatable bonds is 5. The van der Waals surface area contributed by atoms with Crippen molar-refractivity contribution < 1.29 is 17.6 Å². The van der Waals surface area contributed by atoms with Gasteiger partial charge >= 0.3 is 0 Å². The average molecular weight is 271 g/mol. The summed E-state index contributed by atoms with van der Waals surface area (Å²) in [5.41, 5.74) is 0. The third kappa shape index (κ3) is 2.64. The van der Waals surface area contributed by atoms with Crippen LogP contribution in [-0.2, 0) is 10.0 Å². The Bertz CT molecular complexity index is 514. The zero-order valence-electron chi connectivity index (χ0n) is 10.3. The van der Waals surface area contributed by atoms with Gasteiger partial charge in [-0.05, 0) is 30.9 Å². The molecule has 5 nitrogen and oxygen atoms in total. The van der Waals surface area contributed by atoms with Gasteiger partial charge in [0.05, 0.1) is 0 Å². The maximum atomic E-state index is 12.2. The molecule has 0 spiro atoms. The van der Waals surface area contributed by atoms with Gasteiger partial charge in [0.2, 0.25) is 5.09 Å². The van der Waals surface area contributed by atoms with Gasteiger partial charge in [-0.1, -0.05) is 12.8 Å². The fraction of sp³-hybridized carbons (Fsp3) is 0.583. The zero-order valence-corrected chi connectivity index (χ0v) is 11.1. The maximum absolute atomic E-state index is 12.2. The summed E-state index contributed by atoms with van der Waals surface area (Å²) in [6.07, 6.45) is 5.01. The number of carbonyl (C=O) groups excluding carboxylic acids is 1. The summed E-state index contributed by atoms with van der Waals surface area (Å²) in [5, 5.41) is -0.162. The van der Waals surface area contributed by atoms with Crippen LogP contribution in [0.5, 0.6) is 0 Å². The van der Waals surface area contributed by atoms with Gasteiger partial charge in [-0.25, -0.2) is 8.42 Å². The van der Waals surface area contributed by atoms with Gasteiger partial charge in [-0.15, -0.1) is 0 Å². The predicted molar refractivity (Wildman–Crippen MR) is 65.9 cm³/mol. The van der Waals surface area contributed by atoms with Crippen molar-refractivity contribution in [2.24, 2.45) is 5.92 Å². The van der Waals surface area contributed by atoms with Crippen molar-refractivity contribution in [3.63, 3.8) is 0 Å². The van der Waals surface area contributed by atoms with Crippen LogP contribution in [0.4, 0.5) is 0 Å². The van der Waals surface area contributed by atoms with E-state index in [0.29, 0.717) is 18.7 Å². The Morgan fingerprint density at radius 2 is 2.06 bits per heavy atom. The van der Waals surface area contributed by atoms with Gasteiger partial charge in [0, 0.05) is 13.6 Å². The highest BCUT2D eigenvalue weighted by molar-refractivity contribution is 7.89. The maximum Gasteiger partial charge on any atom is 0.276 e. The molecule has 1 aromatic rings. The van der Waals surface area contributed by atoms with Gasteiger partial charge in [-0.3, -0.25) is 4.79 Å². The first kappa shape index (κ1) is 13.3. The molecular formula is C12H17NO4S. The van der Waals surface area contributed by atoms with Crippen molar-refractivity contribution in [3.05, 3.63) is 17.9 Å². The quantitative estimate of drug-likeness (QED) is 0.767. The van der Waals surface area contributed by atoms with E-state index >= 15 is 0 Å². The lowest BCUT2D eigenvalue weighted by Crippen LogP contribution is -2.31. The van der Waals surface area contributed by atoms with E-state index in [4.69, 9.17) is 4.42 Å². The molecule has 18 heavy (non-hydrogen) atoms. The molecule has 0 aliphatic heterocycles. The summed E-state index contributed by atoms with van der Waals surface area (Å²) in [5.74, 6) is 0.466. The number of aldehydes is 1. The molecule has 1 aliphatic rings. The molecule has 100 valence electrons. The first-order chi connectivity index (χ1) is 8.54. The number of sulfonamides is 1. The van der Waals surface area contributed by atoms with Crippen LogP contribution in [0.15, 0.2) is 21.6 Å². The molecular weight excluding hydrogens is 254 g/mol. The van der Waals surface area contributed by atoms with Crippen LogP contribution in [0, 0.1) is 5.92 Å². The molecule has 1 fully saturated rings. The van der Waals surface area contributed by atoms with E-state index in [2.05, 4.69) is 0 Å². The van der Waals surface area contributed by atoms with Crippen LogP contribution in [0.3, 0.4) is 0 Å². The van der Waals surface area contributed by atoms with E-state index < -0.39 is 10.0 Å². The monoisotopic (exact) mass is 271 g/mol. The Morgan fingerprint density at radius 1 is 1.39 bits per heavy atom. The van der Waals surface area contributed by atoms with Crippen molar-refractivity contribution in [3.8, 4) is 0 Å². The Balaban J connectivity index is 2.11. The molecule has 0 atom stereocenters. The smallest absolute Gasteiger partial charge is 0.276 e. The van der Waals surface area contributed by atoms with Crippen molar-refractivity contribution in [1.29, 1.82) is 0 Å². The molecule has 0 amide bonds. The van der Waals surface area contributed by atoms with Crippen LogP contribution in [-0.4, -0.2) is 32.6 Å². The van der Waals surface area contributed by atoms with Gasteiger partial charge in [0.15, 0.2) is 12.0 Å². The van der Waals surface area contributed by atoms with Gasteiger partial charge < -0.3 is 4.42 Å². The lowest BCUT2D eigenvalue weighted by molar-refractivity contribution is 0.109. The number of furan rings is 1. The summed E-state index contributed by atoms with van der Waals surface area (Å²) < 4.78 is 30.6. The Kier molecular flexibility index (Phi) is 3.87. The molecule has 0 unspecified atom stereocenters. The lowest BCUT2D eigenvalue weighted by Gasteiger charge is -2.19. The first-order valence-corrected chi connectivity index (χ1v) is 7.49. The Morgan fingerprint density at radius 3 is 2.61 bits per heavy atom. The number of nitrogens with zero attached hydrogens (tertiary/aromatic N) is 1. The Labute approximate surface area is 107 Å². The number of hydrogen-bond acceptors (Lipinski definition) is 4. The van der Waals surface area contributed by atoms with E-state index in [-0.39, 0.29) is 10.9 Å². The SMILES string of the molecule is CN(CC1CCCC1)S(=O)(=O)c1ccc(C=O)o1. The summed E-state index contributed by atoms with van der Waals surface area (Å²) in [6.45, 7) is 0.513. The molecule has 0 saturated heterocycles. The average Bonchev–Trinajstić information content (AvgIpc) is 2.99. The molecule has 0 bridgehead atoms. The van der Waals surface area contributed by atoms with E-state index in [1.807, 2.05) is 0 Å². The predicted octanol–water partition coefficient (Wildman–Crippen LogP) is 1.90. The third-order valence-electron chi connectivity index (χ3n) is 3.37. The van der Waals surface area contributed by atoms with Gasteiger partial charge in [-0.2, -0.15) is 4.31 Å². The normalized spacial score (nSPS) is 17.4. The summed E-state index contributed by atoms with van der Waals surface area (Å²) >= 11 is 0. The van der Waals surface area contributed by atoms with E-state index in [1.54, 1.807) is 7.05 Å². The number of carbonyl (C=O) groups is 1. The molecule has 0 aromatic carbocycles. The second-order valence-corrected chi connectivity index (χ2v) is 6.69. The molecule has 1 aliphatic carbocycles. The molecule has 1 saturated carbocycles. The molecule has 1 aromatic heterocycles. The molecule has 2 rings (SSSR count). The molecule has 0 radical (unpaired) electrons. The highest BCUT2D eigenvalue weighted by Gasteiger charge is 2.27. The second-order valence-electron chi connectivity index (χ2n) is 4.71. The summed E-state index contributed by atoms with van der Waals surface area (Å²) in [4.78, 5) is 10.5. The van der Waals surface area contributed by atoms with Crippen LogP contribution in [0.2, 0.25) is 0 Å². The summed E-state index contributed by atoms with van der Waals surface area (Å²) in [6, 6.07) is 2.69. The first-order valence-electron chi connectivity index (χ1n) is 6.05. The van der Waals surface area contributed by atoms with Gasteiger partial charge in [0.1, 0.15) is 0 Å². The van der Waals surface area contributed by atoms with Crippen LogP contribution >= 0.6 is 0 Å². The minimum absolute atomic E-state index is 0.0304. The largest absolute Gasteiger partial charge is 0.440 e. The highest BCUT2D eigenvalue weighted by atomic mass is 32.2. The van der Waals surface area contributed by atoms with Crippen LogP contribution in [0.25, 0.3) is 0 Å².